The maximum Gasteiger partial charge on any atom is 0.258 e. The molecule has 0 bridgehead atoms. The fourth-order valence-electron chi connectivity index (χ4n) is 1.18. The van der Waals surface area contributed by atoms with E-state index in [9.17, 15) is 0 Å². The topological polar surface area (TPSA) is 38.9 Å². The van der Waals surface area contributed by atoms with E-state index in [1.807, 2.05) is 25.1 Å². The summed E-state index contributed by atoms with van der Waals surface area (Å²) in [6.45, 7) is 2.00. The van der Waals surface area contributed by atoms with Gasteiger partial charge in [-0.1, -0.05) is 15.9 Å². The predicted octanol–water partition coefficient (Wildman–Crippen LogP) is 3.57. The first kappa shape index (κ1) is 9.86. The molecule has 2 rings (SSSR count). The average Bonchev–Trinajstić information content (AvgIpc) is 2.51. The van der Waals surface area contributed by atoms with Crippen molar-refractivity contribution in [2.75, 3.05) is 0 Å². The summed E-state index contributed by atoms with van der Waals surface area (Å²) in [5.74, 6) is 0.530. The van der Waals surface area contributed by atoms with Gasteiger partial charge in [0.1, 0.15) is 0 Å². The summed E-state index contributed by atoms with van der Waals surface area (Å²) < 4.78 is 6.55. The van der Waals surface area contributed by atoms with E-state index in [2.05, 4.69) is 42.0 Å². The van der Waals surface area contributed by atoms with Gasteiger partial charge in [0.25, 0.3) is 5.89 Å². The second-order valence-corrected chi connectivity index (χ2v) is 4.45. The zero-order chi connectivity index (χ0) is 10.1. The van der Waals surface area contributed by atoms with Crippen LogP contribution in [0.1, 0.15) is 5.56 Å². The van der Waals surface area contributed by atoms with Crippen molar-refractivity contribution >= 4 is 31.9 Å². The number of hydrogen-bond donors (Lipinski definition) is 0. The Hall–Kier alpha value is -0.680. The summed E-state index contributed by atoms with van der Waals surface area (Å²) in [7, 11) is 0. The zero-order valence-corrected chi connectivity index (χ0v) is 10.5. The largest absolute Gasteiger partial charge is 0.333 e. The Morgan fingerprint density at radius 2 is 2.07 bits per heavy atom. The van der Waals surface area contributed by atoms with Gasteiger partial charge in [0, 0.05) is 10.0 Å². The molecule has 14 heavy (non-hydrogen) atoms. The van der Waals surface area contributed by atoms with Crippen LogP contribution < -0.4 is 0 Å². The molecule has 0 spiro atoms. The average molecular weight is 318 g/mol. The van der Waals surface area contributed by atoms with Gasteiger partial charge in [0.2, 0.25) is 4.73 Å². The molecule has 2 aromatic rings. The first-order valence-corrected chi connectivity index (χ1v) is 5.51. The molecule has 72 valence electrons. The van der Waals surface area contributed by atoms with Gasteiger partial charge >= 0.3 is 0 Å². The summed E-state index contributed by atoms with van der Waals surface area (Å²) in [5, 5.41) is 3.68. The predicted molar refractivity (Wildman–Crippen MR) is 59.9 cm³/mol. The van der Waals surface area contributed by atoms with Crippen LogP contribution >= 0.6 is 31.9 Å². The van der Waals surface area contributed by atoms with Crippen LogP contribution in [0.2, 0.25) is 0 Å². The highest BCUT2D eigenvalue weighted by molar-refractivity contribution is 9.10. The van der Waals surface area contributed by atoms with E-state index >= 15 is 0 Å². The van der Waals surface area contributed by atoms with E-state index in [0.29, 0.717) is 10.6 Å². The zero-order valence-electron chi connectivity index (χ0n) is 7.29. The monoisotopic (exact) mass is 316 g/mol. The van der Waals surface area contributed by atoms with Crippen LogP contribution in [0.4, 0.5) is 0 Å². The van der Waals surface area contributed by atoms with Crippen molar-refractivity contribution in [2.24, 2.45) is 0 Å². The lowest BCUT2D eigenvalue weighted by Gasteiger charge is -1.99. The van der Waals surface area contributed by atoms with Crippen LogP contribution in [0.25, 0.3) is 11.5 Å². The number of nitrogens with zero attached hydrogens (tertiary/aromatic N) is 2. The first-order chi connectivity index (χ1) is 6.66. The molecular weight excluding hydrogens is 312 g/mol. The summed E-state index contributed by atoms with van der Waals surface area (Å²) in [4.78, 5) is 4.10. The molecule has 0 radical (unpaired) electrons. The van der Waals surface area contributed by atoms with Gasteiger partial charge in [-0.05, 0) is 51.8 Å². The summed E-state index contributed by atoms with van der Waals surface area (Å²) in [6.07, 6.45) is 0. The van der Waals surface area contributed by atoms with Crippen molar-refractivity contribution < 1.29 is 4.52 Å². The Bertz CT molecular complexity index is 468. The highest BCUT2D eigenvalue weighted by Crippen LogP contribution is 2.25. The van der Waals surface area contributed by atoms with Gasteiger partial charge in [0.15, 0.2) is 0 Å². The maximum atomic E-state index is 5.05. The smallest absolute Gasteiger partial charge is 0.258 e. The molecule has 0 atom stereocenters. The lowest BCUT2D eigenvalue weighted by atomic mass is 10.1. The van der Waals surface area contributed by atoms with Crippen molar-refractivity contribution in [3.8, 4) is 11.5 Å². The molecular formula is C9H6Br2N2O. The Morgan fingerprint density at radius 3 is 2.64 bits per heavy atom. The van der Waals surface area contributed by atoms with Crippen LogP contribution in [0, 0.1) is 6.92 Å². The molecule has 0 fully saturated rings. The second-order valence-electron chi connectivity index (χ2n) is 2.83. The number of rotatable bonds is 1. The molecule has 1 aromatic carbocycles. The maximum absolute atomic E-state index is 5.05. The van der Waals surface area contributed by atoms with Crippen LogP contribution in [0.5, 0.6) is 0 Å². The summed E-state index contributed by atoms with van der Waals surface area (Å²) >= 11 is 6.54. The van der Waals surface area contributed by atoms with Crippen LogP contribution in [0.15, 0.2) is 31.9 Å². The Morgan fingerprint density at radius 1 is 1.29 bits per heavy atom. The minimum atomic E-state index is 0.467. The number of benzene rings is 1. The molecule has 0 aliphatic rings. The normalized spacial score (nSPS) is 10.5. The molecule has 0 N–H and O–H groups in total. The third kappa shape index (κ3) is 1.88. The van der Waals surface area contributed by atoms with Gasteiger partial charge < -0.3 is 4.52 Å². The lowest BCUT2D eigenvalue weighted by Crippen LogP contribution is -1.82. The van der Waals surface area contributed by atoms with Gasteiger partial charge in [-0.25, -0.2) is 0 Å². The minimum absolute atomic E-state index is 0.467. The standard InChI is InChI=1S/C9H6Br2N2O/c1-5-4-6(10)2-3-7(5)8-12-9(11)13-14-8/h2-4H,1H3. The van der Waals surface area contributed by atoms with Crippen LogP contribution in [0.3, 0.4) is 0 Å². The molecule has 0 saturated carbocycles. The fraction of sp³-hybridized carbons (Fsp3) is 0.111. The molecule has 0 saturated heterocycles. The third-order valence-electron chi connectivity index (χ3n) is 1.82. The molecule has 1 aromatic heterocycles. The second kappa shape index (κ2) is 3.82. The first-order valence-electron chi connectivity index (χ1n) is 3.92. The van der Waals surface area contributed by atoms with Crippen LogP contribution in [-0.2, 0) is 0 Å². The van der Waals surface area contributed by atoms with E-state index in [0.717, 1.165) is 15.6 Å². The van der Waals surface area contributed by atoms with E-state index < -0.39 is 0 Å². The Kier molecular flexibility index (Phi) is 2.69. The molecule has 1 heterocycles. The van der Waals surface area contributed by atoms with Gasteiger partial charge in [-0.2, -0.15) is 4.98 Å². The number of aryl methyl sites for hydroxylation is 1. The highest BCUT2D eigenvalue weighted by atomic mass is 79.9. The SMILES string of the molecule is Cc1cc(Br)ccc1-c1nc(Br)no1. The molecule has 0 unspecified atom stereocenters. The molecule has 5 heteroatoms. The van der Waals surface area contributed by atoms with Gasteiger partial charge in [0.05, 0.1) is 0 Å². The molecule has 0 aliphatic carbocycles. The van der Waals surface area contributed by atoms with E-state index in [4.69, 9.17) is 4.52 Å². The van der Waals surface area contributed by atoms with Crippen molar-refractivity contribution in [1.82, 2.24) is 10.1 Å². The number of halogens is 2. The highest BCUT2D eigenvalue weighted by Gasteiger charge is 2.09. The van der Waals surface area contributed by atoms with Crippen molar-refractivity contribution in [1.29, 1.82) is 0 Å². The summed E-state index contributed by atoms with van der Waals surface area (Å²) in [5.41, 5.74) is 2.04. The van der Waals surface area contributed by atoms with E-state index in [-0.39, 0.29) is 0 Å². The van der Waals surface area contributed by atoms with Crippen molar-refractivity contribution in [2.45, 2.75) is 6.92 Å². The van der Waals surface area contributed by atoms with E-state index in [1.54, 1.807) is 0 Å². The van der Waals surface area contributed by atoms with E-state index in [1.165, 1.54) is 0 Å². The number of aromatic nitrogens is 2. The quantitative estimate of drug-likeness (QED) is 0.807. The lowest BCUT2D eigenvalue weighted by molar-refractivity contribution is 0.426. The molecule has 0 amide bonds. The Balaban J connectivity index is 2.52. The fourth-order valence-corrected chi connectivity index (χ4v) is 1.89. The van der Waals surface area contributed by atoms with Gasteiger partial charge in [-0.3, -0.25) is 0 Å². The summed E-state index contributed by atoms with van der Waals surface area (Å²) in [6, 6.07) is 5.90. The minimum Gasteiger partial charge on any atom is -0.333 e. The number of hydrogen-bond acceptors (Lipinski definition) is 3. The Labute approximate surface area is 97.8 Å². The van der Waals surface area contributed by atoms with Crippen molar-refractivity contribution in [3.05, 3.63) is 33.0 Å². The van der Waals surface area contributed by atoms with Crippen molar-refractivity contribution in [3.63, 3.8) is 0 Å². The van der Waals surface area contributed by atoms with Crippen LogP contribution in [-0.4, -0.2) is 10.1 Å². The van der Waals surface area contributed by atoms with Gasteiger partial charge in [-0.15, -0.1) is 0 Å². The third-order valence-corrected chi connectivity index (χ3v) is 2.64. The molecule has 3 nitrogen and oxygen atoms in total. The molecule has 0 aliphatic heterocycles.